The molecule has 3 aromatic rings. The van der Waals surface area contributed by atoms with Crippen molar-refractivity contribution in [3.8, 4) is 5.75 Å². The quantitative estimate of drug-likeness (QED) is 0.311. The molecule has 0 aliphatic rings. The van der Waals surface area contributed by atoms with E-state index in [1.165, 1.54) is 12.1 Å². The number of amidine groups is 1. The normalized spacial score (nSPS) is 11.0. The first-order valence-corrected chi connectivity index (χ1v) is 7.95. The Balaban J connectivity index is 1.98. The van der Waals surface area contributed by atoms with Gasteiger partial charge in [-0.25, -0.2) is 4.99 Å². The number of methoxy groups -OCH3 is 1. The van der Waals surface area contributed by atoms with E-state index in [0.717, 1.165) is 17.0 Å². The lowest BCUT2D eigenvalue weighted by molar-refractivity contribution is -0.384. The van der Waals surface area contributed by atoms with Crippen LogP contribution in [0.5, 0.6) is 5.75 Å². The van der Waals surface area contributed by atoms with Gasteiger partial charge >= 0.3 is 0 Å². The van der Waals surface area contributed by atoms with Gasteiger partial charge in [0.2, 0.25) is 0 Å². The fourth-order valence-electron chi connectivity index (χ4n) is 2.38. The van der Waals surface area contributed by atoms with E-state index in [1.54, 1.807) is 19.2 Å². The zero-order chi connectivity index (χ0) is 18.4. The van der Waals surface area contributed by atoms with Crippen molar-refractivity contribution in [2.45, 2.75) is 0 Å². The third-order valence-corrected chi connectivity index (χ3v) is 3.68. The number of aliphatic imine (C=N–C) groups is 1. The van der Waals surface area contributed by atoms with E-state index < -0.39 is 4.92 Å². The summed E-state index contributed by atoms with van der Waals surface area (Å²) in [5.74, 6) is 1.32. The Hall–Kier alpha value is -3.67. The molecule has 0 heterocycles. The second kappa shape index (κ2) is 7.94. The first-order valence-electron chi connectivity index (χ1n) is 7.95. The van der Waals surface area contributed by atoms with Gasteiger partial charge in [-0.1, -0.05) is 24.3 Å². The molecule has 0 radical (unpaired) electrons. The molecule has 0 saturated heterocycles. The summed E-state index contributed by atoms with van der Waals surface area (Å²) in [6.45, 7) is 0. The van der Waals surface area contributed by atoms with Crippen LogP contribution in [0.2, 0.25) is 0 Å². The van der Waals surface area contributed by atoms with E-state index in [-0.39, 0.29) is 5.69 Å². The number of nitro benzene ring substituents is 1. The third kappa shape index (κ3) is 4.24. The number of ether oxygens (including phenoxy) is 1. The first-order chi connectivity index (χ1) is 12.7. The van der Waals surface area contributed by atoms with E-state index in [0.29, 0.717) is 11.5 Å². The highest BCUT2D eigenvalue weighted by Crippen LogP contribution is 2.21. The molecule has 130 valence electrons. The minimum atomic E-state index is -0.424. The van der Waals surface area contributed by atoms with Crippen LogP contribution in [0.3, 0.4) is 0 Å². The number of anilines is 1. The number of hydrogen-bond acceptors (Lipinski definition) is 4. The molecule has 0 aliphatic carbocycles. The molecule has 0 aliphatic heterocycles. The average molecular weight is 347 g/mol. The highest BCUT2D eigenvalue weighted by Gasteiger charge is 2.09. The fourth-order valence-corrected chi connectivity index (χ4v) is 2.38. The van der Waals surface area contributed by atoms with Crippen molar-refractivity contribution in [2.24, 2.45) is 4.99 Å². The van der Waals surface area contributed by atoms with Gasteiger partial charge in [0, 0.05) is 23.4 Å². The van der Waals surface area contributed by atoms with Crippen LogP contribution >= 0.6 is 0 Å². The van der Waals surface area contributed by atoms with Crippen molar-refractivity contribution in [3.05, 3.63) is 94.5 Å². The summed E-state index contributed by atoms with van der Waals surface area (Å²) in [5.41, 5.74) is 2.21. The van der Waals surface area contributed by atoms with Crippen molar-refractivity contribution in [2.75, 3.05) is 12.4 Å². The van der Waals surface area contributed by atoms with Crippen LogP contribution in [0.25, 0.3) is 0 Å². The molecule has 0 amide bonds. The summed E-state index contributed by atoms with van der Waals surface area (Å²) in [6.07, 6.45) is 0. The lowest BCUT2D eigenvalue weighted by Crippen LogP contribution is -2.13. The van der Waals surface area contributed by atoms with Gasteiger partial charge in [-0.2, -0.15) is 0 Å². The van der Waals surface area contributed by atoms with E-state index in [2.05, 4.69) is 10.3 Å². The summed E-state index contributed by atoms with van der Waals surface area (Å²) in [7, 11) is 1.61. The zero-order valence-electron chi connectivity index (χ0n) is 14.1. The number of para-hydroxylation sites is 1. The Kier molecular flexibility index (Phi) is 5.24. The smallest absolute Gasteiger partial charge is 0.271 e. The second-order valence-corrected chi connectivity index (χ2v) is 5.46. The Morgan fingerprint density at radius 1 is 1.00 bits per heavy atom. The van der Waals surface area contributed by atoms with Crippen LogP contribution in [0.15, 0.2) is 83.9 Å². The van der Waals surface area contributed by atoms with Gasteiger partial charge in [-0.05, 0) is 42.5 Å². The zero-order valence-corrected chi connectivity index (χ0v) is 14.1. The molecular formula is C20H17N3O3. The Bertz CT molecular complexity index is 923. The predicted molar refractivity (Wildman–Crippen MR) is 102 cm³/mol. The molecule has 0 atom stereocenters. The molecule has 0 unspecified atom stereocenters. The van der Waals surface area contributed by atoms with Crippen molar-refractivity contribution in [3.63, 3.8) is 0 Å². The van der Waals surface area contributed by atoms with Gasteiger partial charge < -0.3 is 10.1 Å². The van der Waals surface area contributed by atoms with Gasteiger partial charge in [0.05, 0.1) is 17.7 Å². The summed E-state index contributed by atoms with van der Waals surface area (Å²) in [6, 6.07) is 23.3. The van der Waals surface area contributed by atoms with Crippen LogP contribution < -0.4 is 10.1 Å². The molecule has 0 bridgehead atoms. The lowest BCUT2D eigenvalue weighted by atomic mass is 10.1. The van der Waals surface area contributed by atoms with Crippen molar-refractivity contribution >= 4 is 22.9 Å². The molecule has 0 aromatic heterocycles. The van der Waals surface area contributed by atoms with Crippen LogP contribution in [-0.4, -0.2) is 17.9 Å². The summed E-state index contributed by atoms with van der Waals surface area (Å²) < 4.78 is 5.19. The number of nitro groups is 1. The van der Waals surface area contributed by atoms with Gasteiger partial charge in [-0.15, -0.1) is 0 Å². The van der Waals surface area contributed by atoms with Crippen molar-refractivity contribution < 1.29 is 9.66 Å². The second-order valence-electron chi connectivity index (χ2n) is 5.46. The van der Waals surface area contributed by atoms with Gasteiger partial charge in [0.15, 0.2) is 0 Å². The number of benzene rings is 3. The standard InChI is InChI=1S/C20H17N3O3/c1-26-19-12-10-15(11-13-19)20(21-16-6-3-2-4-7-16)22-17-8-5-9-18(14-17)23(24)25/h2-14H,1H3,(H,21,22). The van der Waals surface area contributed by atoms with Crippen LogP contribution in [0.4, 0.5) is 17.1 Å². The molecule has 0 fully saturated rings. The molecule has 1 N–H and O–H groups in total. The molecule has 0 saturated carbocycles. The monoisotopic (exact) mass is 347 g/mol. The molecule has 0 spiro atoms. The fraction of sp³-hybridized carbons (Fsp3) is 0.0500. The van der Waals surface area contributed by atoms with Gasteiger partial charge in [0.25, 0.3) is 5.69 Å². The van der Waals surface area contributed by atoms with Crippen LogP contribution in [0.1, 0.15) is 5.56 Å². The summed E-state index contributed by atoms with van der Waals surface area (Å²) in [5, 5.41) is 14.2. The lowest BCUT2D eigenvalue weighted by Gasteiger charge is -2.11. The summed E-state index contributed by atoms with van der Waals surface area (Å²) in [4.78, 5) is 15.2. The number of nitrogens with one attached hydrogen (secondary N) is 1. The molecule has 3 aromatic carbocycles. The SMILES string of the molecule is COc1ccc(C(=Nc2ccccc2)Nc2cccc([N+](=O)[O-])c2)cc1. The minimum Gasteiger partial charge on any atom is -0.497 e. The van der Waals surface area contributed by atoms with Gasteiger partial charge in [-0.3, -0.25) is 10.1 Å². The van der Waals surface area contributed by atoms with Crippen molar-refractivity contribution in [1.29, 1.82) is 0 Å². The highest BCUT2D eigenvalue weighted by molar-refractivity contribution is 6.09. The largest absolute Gasteiger partial charge is 0.497 e. The Labute approximate surface area is 150 Å². The maximum atomic E-state index is 11.0. The molecule has 6 heteroatoms. The van der Waals surface area contributed by atoms with E-state index in [1.807, 2.05) is 54.6 Å². The maximum absolute atomic E-state index is 11.0. The van der Waals surface area contributed by atoms with E-state index >= 15 is 0 Å². The number of nitrogens with zero attached hydrogens (tertiary/aromatic N) is 2. The van der Waals surface area contributed by atoms with Crippen LogP contribution in [-0.2, 0) is 0 Å². The molecular weight excluding hydrogens is 330 g/mol. The molecule has 3 rings (SSSR count). The average Bonchev–Trinajstić information content (AvgIpc) is 2.68. The van der Waals surface area contributed by atoms with Gasteiger partial charge in [0.1, 0.15) is 11.6 Å². The van der Waals surface area contributed by atoms with Crippen molar-refractivity contribution in [1.82, 2.24) is 0 Å². The van der Waals surface area contributed by atoms with E-state index in [4.69, 9.17) is 4.74 Å². The number of rotatable bonds is 5. The van der Waals surface area contributed by atoms with Crippen LogP contribution in [0, 0.1) is 10.1 Å². The Morgan fingerprint density at radius 3 is 2.38 bits per heavy atom. The topological polar surface area (TPSA) is 76.8 Å². The number of hydrogen-bond donors (Lipinski definition) is 1. The first kappa shape index (κ1) is 17.2. The Morgan fingerprint density at radius 2 is 1.73 bits per heavy atom. The summed E-state index contributed by atoms with van der Waals surface area (Å²) >= 11 is 0. The minimum absolute atomic E-state index is 0.0174. The molecule has 26 heavy (non-hydrogen) atoms. The van der Waals surface area contributed by atoms with E-state index in [9.17, 15) is 10.1 Å². The highest BCUT2D eigenvalue weighted by atomic mass is 16.6. The number of non-ortho nitro benzene ring substituents is 1. The maximum Gasteiger partial charge on any atom is 0.271 e. The molecule has 6 nitrogen and oxygen atoms in total. The predicted octanol–water partition coefficient (Wildman–Crippen LogP) is 4.79. The third-order valence-electron chi connectivity index (χ3n) is 3.68.